The number of hydrogen-bond donors (Lipinski definition) is 1. The number of fused-ring (bicyclic) bond motifs is 3. The first-order valence-electron chi connectivity index (χ1n) is 9.53. The topological polar surface area (TPSA) is 92.7 Å². The molecule has 0 atom stereocenters. The van der Waals surface area contributed by atoms with Crippen LogP contribution < -0.4 is 10.8 Å². The van der Waals surface area contributed by atoms with Crippen LogP contribution in [0.5, 0.6) is 0 Å². The summed E-state index contributed by atoms with van der Waals surface area (Å²) in [4.78, 5) is 24.8. The van der Waals surface area contributed by atoms with E-state index in [0.717, 1.165) is 40.5 Å². The van der Waals surface area contributed by atoms with Gasteiger partial charge < -0.3 is 20.5 Å². The zero-order chi connectivity index (χ0) is 22.8. The number of rotatable bonds is 3. The molecule has 164 valence electrons. The van der Waals surface area contributed by atoms with Crippen molar-refractivity contribution in [3.63, 3.8) is 0 Å². The lowest BCUT2D eigenvalue weighted by molar-refractivity contribution is -0.612. The number of carboxylic acid groups (broad SMARTS) is 1. The molecule has 2 aromatic carbocycles. The quantitative estimate of drug-likeness (QED) is 0.744. The Morgan fingerprint density at radius 1 is 1.10 bits per heavy atom. The average Bonchev–Trinajstić information content (AvgIpc) is 3.01. The molecule has 2 heterocycles. The normalized spacial score (nSPS) is 15.3. The summed E-state index contributed by atoms with van der Waals surface area (Å²) in [6.07, 6.45) is -5.19. The van der Waals surface area contributed by atoms with Crippen molar-refractivity contribution in [1.82, 2.24) is 9.91 Å². The van der Waals surface area contributed by atoms with E-state index in [1.165, 1.54) is 5.56 Å². The summed E-state index contributed by atoms with van der Waals surface area (Å²) in [7, 11) is 0. The number of alkyl halides is 3. The molecule has 2 aliphatic heterocycles. The van der Waals surface area contributed by atoms with Gasteiger partial charge in [-0.15, -0.1) is 0 Å². The summed E-state index contributed by atoms with van der Waals surface area (Å²) >= 11 is 0. The zero-order valence-corrected chi connectivity index (χ0v) is 16.7. The van der Waals surface area contributed by atoms with E-state index in [9.17, 15) is 18.1 Å². The molecule has 0 aromatic heterocycles. The molecule has 0 bridgehead atoms. The maximum atomic E-state index is 12.7. The number of hydrazine groups is 1. The molecular formula is C21H21F3N4O3. The molecule has 0 spiro atoms. The van der Waals surface area contributed by atoms with Crippen LogP contribution in [0.15, 0.2) is 48.5 Å². The van der Waals surface area contributed by atoms with E-state index in [2.05, 4.69) is 36.1 Å². The van der Waals surface area contributed by atoms with Crippen LogP contribution in [0.4, 0.5) is 18.9 Å². The first kappa shape index (κ1) is 22.3. The third kappa shape index (κ3) is 4.53. The van der Waals surface area contributed by atoms with Crippen LogP contribution >= 0.6 is 0 Å². The van der Waals surface area contributed by atoms with Crippen LogP contribution in [0, 0.1) is 11.8 Å². The van der Waals surface area contributed by atoms with E-state index >= 15 is 0 Å². The summed E-state index contributed by atoms with van der Waals surface area (Å²) in [5.41, 5.74) is 12.0. The highest BCUT2D eigenvalue weighted by Crippen LogP contribution is 2.44. The number of carboxylic acids is 1. The van der Waals surface area contributed by atoms with Gasteiger partial charge in [0.05, 0.1) is 16.2 Å². The molecule has 10 heteroatoms. The number of carbonyl (C=O) groups is 1. The van der Waals surface area contributed by atoms with Crippen molar-refractivity contribution in [2.45, 2.75) is 13.1 Å². The van der Waals surface area contributed by atoms with Crippen LogP contribution in [-0.4, -0.2) is 53.1 Å². The SMILES string of the molecule is Cc1ccc(C2=C3c4ccccc4[N+](=O)N3CCN2CCN)cc1.O=C([O-])C(F)(F)F. The van der Waals surface area contributed by atoms with Crippen molar-refractivity contribution in [2.24, 2.45) is 5.73 Å². The van der Waals surface area contributed by atoms with Crippen molar-refractivity contribution in [2.75, 3.05) is 26.2 Å². The molecular weight excluding hydrogens is 413 g/mol. The van der Waals surface area contributed by atoms with Crippen LogP contribution in [0.25, 0.3) is 11.4 Å². The fraction of sp³-hybridized carbons (Fsp3) is 0.286. The van der Waals surface area contributed by atoms with E-state index in [4.69, 9.17) is 15.6 Å². The number of aryl methyl sites for hydroxylation is 1. The Morgan fingerprint density at radius 3 is 2.29 bits per heavy atom. The largest absolute Gasteiger partial charge is 0.542 e. The Bertz CT molecular complexity index is 1020. The van der Waals surface area contributed by atoms with Gasteiger partial charge in [-0.25, -0.2) is 0 Å². The predicted octanol–water partition coefficient (Wildman–Crippen LogP) is 2.03. The lowest BCUT2D eigenvalue weighted by Gasteiger charge is -2.33. The van der Waals surface area contributed by atoms with Gasteiger partial charge in [0.2, 0.25) is 0 Å². The summed E-state index contributed by atoms with van der Waals surface area (Å²) in [6, 6.07) is 16.3. The lowest BCUT2D eigenvalue weighted by atomic mass is 10.0. The fourth-order valence-electron chi connectivity index (χ4n) is 3.54. The van der Waals surface area contributed by atoms with Gasteiger partial charge in [-0.1, -0.05) is 47.0 Å². The number of para-hydroxylation sites is 1. The molecule has 0 amide bonds. The number of benzene rings is 2. The Kier molecular flexibility index (Phi) is 6.30. The molecule has 31 heavy (non-hydrogen) atoms. The van der Waals surface area contributed by atoms with Gasteiger partial charge in [0.25, 0.3) is 0 Å². The molecule has 2 aromatic rings. The first-order valence-corrected chi connectivity index (χ1v) is 9.53. The van der Waals surface area contributed by atoms with Gasteiger partial charge in [0.15, 0.2) is 4.87 Å². The highest BCUT2D eigenvalue weighted by atomic mass is 19.4. The van der Waals surface area contributed by atoms with Gasteiger partial charge in [0, 0.05) is 31.3 Å². The smallest absolute Gasteiger partial charge is 0.430 e. The van der Waals surface area contributed by atoms with Gasteiger partial charge >= 0.3 is 11.9 Å². The number of nitroso groups, excluding NO2 is 1. The number of halogens is 3. The lowest BCUT2D eigenvalue weighted by Crippen LogP contribution is -2.42. The molecule has 2 aliphatic rings. The van der Waals surface area contributed by atoms with Crippen LogP contribution in [0.2, 0.25) is 0 Å². The van der Waals surface area contributed by atoms with E-state index in [0.29, 0.717) is 18.8 Å². The van der Waals surface area contributed by atoms with Crippen molar-refractivity contribution in [1.29, 1.82) is 0 Å². The Labute approximate surface area is 176 Å². The first-order chi connectivity index (χ1) is 14.6. The number of nitrogens with zero attached hydrogens (tertiary/aromatic N) is 3. The minimum Gasteiger partial charge on any atom is -0.542 e. The van der Waals surface area contributed by atoms with Crippen LogP contribution in [0.3, 0.4) is 0 Å². The van der Waals surface area contributed by atoms with Gasteiger partial charge in [-0.05, 0) is 13.0 Å². The third-order valence-corrected chi connectivity index (χ3v) is 4.92. The minimum atomic E-state index is -5.19. The molecule has 0 radical (unpaired) electrons. The molecule has 7 nitrogen and oxygen atoms in total. The molecule has 4 rings (SSSR count). The Hall–Kier alpha value is -3.40. The Morgan fingerprint density at radius 2 is 1.71 bits per heavy atom. The maximum absolute atomic E-state index is 12.7. The molecule has 0 fully saturated rings. The third-order valence-electron chi connectivity index (χ3n) is 4.92. The summed E-state index contributed by atoms with van der Waals surface area (Å²) in [5, 5.41) is 10.6. The number of hydrogen-bond acceptors (Lipinski definition) is 5. The maximum Gasteiger partial charge on any atom is 0.430 e. The molecule has 0 unspecified atom stereocenters. The van der Waals surface area contributed by atoms with Crippen molar-refractivity contribution < 1.29 is 27.9 Å². The van der Waals surface area contributed by atoms with Gasteiger partial charge in [-0.3, -0.25) is 0 Å². The van der Waals surface area contributed by atoms with Gasteiger partial charge in [-0.2, -0.15) is 13.2 Å². The summed E-state index contributed by atoms with van der Waals surface area (Å²) < 4.78 is 31.5. The van der Waals surface area contributed by atoms with Crippen molar-refractivity contribution in [3.8, 4) is 0 Å². The van der Waals surface area contributed by atoms with E-state index < -0.39 is 12.1 Å². The standard InChI is InChI=1S/C19H21N4O.C2HF3O2/c1-14-6-8-15(9-7-14)18-19-16-4-2-3-5-17(16)23(24)22(19)13-12-21(18)11-10-20;3-2(4,5)1(6)7/h2-9H,10-13,20H2,1H3;(H,6,7)/q+1;/p-1. The number of carbonyl (C=O) groups excluding carboxylic acids is 1. The van der Waals surface area contributed by atoms with Gasteiger partial charge in [0.1, 0.15) is 18.2 Å². The summed E-state index contributed by atoms with van der Waals surface area (Å²) in [5.74, 6) is -3.01. The molecule has 0 saturated carbocycles. The van der Waals surface area contributed by atoms with E-state index in [-0.39, 0.29) is 0 Å². The molecule has 0 aliphatic carbocycles. The monoisotopic (exact) mass is 434 g/mol. The second kappa shape index (κ2) is 8.76. The van der Waals surface area contributed by atoms with Crippen molar-refractivity contribution in [3.05, 3.63) is 70.1 Å². The highest BCUT2D eigenvalue weighted by molar-refractivity contribution is 5.93. The second-order valence-electron chi connectivity index (χ2n) is 7.04. The zero-order valence-electron chi connectivity index (χ0n) is 16.7. The number of aliphatic carboxylic acids is 1. The number of nitrogens with two attached hydrogens (primary N) is 1. The predicted molar refractivity (Wildman–Crippen MR) is 106 cm³/mol. The Balaban J connectivity index is 0.000000339. The summed E-state index contributed by atoms with van der Waals surface area (Å²) in [6.45, 7) is 4.91. The van der Waals surface area contributed by atoms with Crippen molar-refractivity contribution >= 4 is 23.1 Å². The minimum absolute atomic E-state index is 0.589. The molecule has 0 saturated heterocycles. The fourth-order valence-corrected chi connectivity index (χ4v) is 3.54. The molecule has 2 N–H and O–H groups in total. The average molecular weight is 434 g/mol. The van der Waals surface area contributed by atoms with E-state index in [1.54, 1.807) is 0 Å². The second-order valence-corrected chi connectivity index (χ2v) is 7.04. The highest BCUT2D eigenvalue weighted by Gasteiger charge is 2.45. The van der Waals surface area contributed by atoms with Crippen LogP contribution in [-0.2, 0) is 4.79 Å². The van der Waals surface area contributed by atoms with Crippen LogP contribution in [0.1, 0.15) is 16.7 Å². The van der Waals surface area contributed by atoms with E-state index in [1.807, 2.05) is 29.3 Å².